The first-order chi connectivity index (χ1) is 13.4. The number of piperazine rings is 1. The number of benzene rings is 1. The Hall–Kier alpha value is -2.00. The van der Waals surface area contributed by atoms with Crippen LogP contribution in [0.1, 0.15) is 6.92 Å². The van der Waals surface area contributed by atoms with Gasteiger partial charge in [-0.25, -0.2) is 8.42 Å². The predicted molar refractivity (Wildman–Crippen MR) is 113 cm³/mol. The average molecular weight is 413 g/mol. The highest BCUT2D eigenvalue weighted by Crippen LogP contribution is 2.22. The number of methoxy groups -OCH3 is 1. The molecule has 0 saturated carbocycles. The van der Waals surface area contributed by atoms with E-state index in [9.17, 15) is 8.42 Å². The Kier molecular flexibility index (Phi) is 8.85. The number of hydrogen-bond donors (Lipinski definition) is 1. The third-order valence-electron chi connectivity index (χ3n) is 4.43. The molecule has 0 radical (unpaired) electrons. The van der Waals surface area contributed by atoms with E-state index >= 15 is 0 Å². The average Bonchev–Trinajstić information content (AvgIpc) is 2.69. The minimum Gasteiger partial charge on any atom is -0.497 e. The van der Waals surface area contributed by atoms with Crippen LogP contribution in [0.25, 0.3) is 0 Å². The first-order valence-electron chi connectivity index (χ1n) is 9.60. The van der Waals surface area contributed by atoms with E-state index in [1.807, 2.05) is 19.1 Å². The van der Waals surface area contributed by atoms with E-state index in [2.05, 4.69) is 32.2 Å². The molecule has 1 fully saturated rings. The van der Waals surface area contributed by atoms with Crippen molar-refractivity contribution in [3.63, 3.8) is 0 Å². The zero-order valence-electron chi connectivity index (χ0n) is 17.1. The van der Waals surface area contributed by atoms with Gasteiger partial charge in [-0.2, -0.15) is 0 Å². The third kappa shape index (κ3) is 7.55. The number of ether oxygens (including phenoxy) is 2. The Morgan fingerprint density at radius 1 is 1.21 bits per heavy atom. The van der Waals surface area contributed by atoms with Gasteiger partial charge in [-0.15, -0.1) is 0 Å². The fourth-order valence-electron chi connectivity index (χ4n) is 2.94. The fourth-order valence-corrected chi connectivity index (χ4v) is 3.36. The molecular formula is C19H32N4O4S. The summed E-state index contributed by atoms with van der Waals surface area (Å²) in [5, 5.41) is 3.33. The maximum Gasteiger partial charge on any atom is 0.194 e. The van der Waals surface area contributed by atoms with Gasteiger partial charge in [-0.3, -0.25) is 4.99 Å². The number of nitrogens with one attached hydrogen (secondary N) is 1. The van der Waals surface area contributed by atoms with E-state index < -0.39 is 9.84 Å². The van der Waals surface area contributed by atoms with Crippen molar-refractivity contribution in [2.75, 3.05) is 76.5 Å². The Labute approximate surface area is 168 Å². The fraction of sp³-hybridized carbons (Fsp3) is 0.632. The molecule has 2 rings (SSSR count). The normalized spacial score (nSPS) is 15.6. The zero-order chi connectivity index (χ0) is 20.4. The van der Waals surface area contributed by atoms with Crippen molar-refractivity contribution in [3.8, 4) is 5.75 Å². The maximum atomic E-state index is 11.1. The molecule has 1 saturated heterocycles. The second-order valence-corrected chi connectivity index (χ2v) is 8.91. The number of nitrogens with zero attached hydrogens (tertiary/aromatic N) is 3. The van der Waals surface area contributed by atoms with Gasteiger partial charge in [-0.05, 0) is 19.1 Å². The van der Waals surface area contributed by atoms with Gasteiger partial charge in [0, 0.05) is 50.7 Å². The summed E-state index contributed by atoms with van der Waals surface area (Å²) in [5.74, 6) is 1.79. The molecule has 0 atom stereocenters. The molecule has 0 unspecified atom stereocenters. The number of rotatable bonds is 9. The molecule has 1 heterocycles. The van der Waals surface area contributed by atoms with Crippen LogP contribution in [0.2, 0.25) is 0 Å². The van der Waals surface area contributed by atoms with Crippen molar-refractivity contribution in [1.29, 1.82) is 0 Å². The lowest BCUT2D eigenvalue weighted by atomic mass is 10.2. The summed E-state index contributed by atoms with van der Waals surface area (Å²) < 4.78 is 32.9. The highest BCUT2D eigenvalue weighted by molar-refractivity contribution is 7.90. The van der Waals surface area contributed by atoms with Crippen molar-refractivity contribution < 1.29 is 17.9 Å². The minimum absolute atomic E-state index is 0.0447. The molecule has 1 N–H and O–H groups in total. The third-order valence-corrected chi connectivity index (χ3v) is 5.34. The van der Waals surface area contributed by atoms with E-state index in [-0.39, 0.29) is 12.4 Å². The van der Waals surface area contributed by atoms with Crippen LogP contribution < -0.4 is 15.0 Å². The minimum atomic E-state index is -2.98. The van der Waals surface area contributed by atoms with Gasteiger partial charge in [0.2, 0.25) is 0 Å². The maximum absolute atomic E-state index is 11.1. The van der Waals surface area contributed by atoms with Crippen LogP contribution in [-0.4, -0.2) is 90.9 Å². The van der Waals surface area contributed by atoms with E-state index in [1.54, 1.807) is 7.11 Å². The molecule has 1 aromatic rings. The van der Waals surface area contributed by atoms with Crippen LogP contribution >= 0.6 is 0 Å². The van der Waals surface area contributed by atoms with Crippen LogP contribution in [0.5, 0.6) is 5.75 Å². The summed E-state index contributed by atoms with van der Waals surface area (Å²) >= 11 is 0. The first kappa shape index (κ1) is 22.3. The summed E-state index contributed by atoms with van der Waals surface area (Å²) in [5.41, 5.74) is 1.17. The van der Waals surface area contributed by atoms with Crippen LogP contribution in [0, 0.1) is 0 Å². The molecule has 1 aromatic carbocycles. The molecule has 28 heavy (non-hydrogen) atoms. The summed E-state index contributed by atoms with van der Waals surface area (Å²) in [6.07, 6.45) is 1.21. The molecule has 0 bridgehead atoms. The molecule has 8 nitrogen and oxygen atoms in total. The van der Waals surface area contributed by atoms with Crippen molar-refractivity contribution in [2.24, 2.45) is 4.99 Å². The summed E-state index contributed by atoms with van der Waals surface area (Å²) in [4.78, 5) is 9.21. The lowest BCUT2D eigenvalue weighted by Gasteiger charge is -2.37. The molecular weight excluding hydrogens is 380 g/mol. The molecule has 0 amide bonds. The molecule has 0 spiro atoms. The van der Waals surface area contributed by atoms with Crippen LogP contribution in [0.3, 0.4) is 0 Å². The smallest absolute Gasteiger partial charge is 0.194 e. The highest BCUT2D eigenvalue weighted by Gasteiger charge is 2.20. The van der Waals surface area contributed by atoms with Gasteiger partial charge < -0.3 is 24.6 Å². The molecule has 1 aliphatic heterocycles. The molecule has 9 heteroatoms. The topological polar surface area (TPSA) is 83.5 Å². The zero-order valence-corrected chi connectivity index (χ0v) is 17.9. The van der Waals surface area contributed by atoms with Gasteiger partial charge >= 0.3 is 0 Å². The number of aliphatic imine (C=N–C) groups is 1. The quantitative estimate of drug-likeness (QED) is 0.366. The SMILES string of the molecule is CCNC(=NCCOCCS(C)(=O)=O)N1CCN(c2cccc(OC)c2)CC1. The van der Waals surface area contributed by atoms with E-state index in [4.69, 9.17) is 9.47 Å². The monoisotopic (exact) mass is 412 g/mol. The van der Waals surface area contributed by atoms with Crippen molar-refractivity contribution >= 4 is 21.5 Å². The van der Waals surface area contributed by atoms with E-state index in [0.29, 0.717) is 13.2 Å². The highest BCUT2D eigenvalue weighted by atomic mass is 32.2. The van der Waals surface area contributed by atoms with Crippen LogP contribution in [0.15, 0.2) is 29.3 Å². The summed E-state index contributed by atoms with van der Waals surface area (Å²) in [6.45, 7) is 7.52. The van der Waals surface area contributed by atoms with Crippen LogP contribution in [-0.2, 0) is 14.6 Å². The van der Waals surface area contributed by atoms with Gasteiger partial charge in [0.25, 0.3) is 0 Å². The van der Waals surface area contributed by atoms with Crippen molar-refractivity contribution in [3.05, 3.63) is 24.3 Å². The largest absolute Gasteiger partial charge is 0.497 e. The van der Waals surface area contributed by atoms with Gasteiger partial charge in [-0.1, -0.05) is 6.07 Å². The number of guanidine groups is 1. The van der Waals surface area contributed by atoms with Crippen molar-refractivity contribution in [2.45, 2.75) is 6.92 Å². The van der Waals surface area contributed by atoms with Crippen LogP contribution in [0.4, 0.5) is 5.69 Å². The van der Waals surface area contributed by atoms with E-state index in [0.717, 1.165) is 44.4 Å². The lowest BCUT2D eigenvalue weighted by molar-refractivity contribution is 0.157. The number of sulfone groups is 1. The van der Waals surface area contributed by atoms with E-state index in [1.165, 1.54) is 11.9 Å². The van der Waals surface area contributed by atoms with Gasteiger partial charge in [0.15, 0.2) is 5.96 Å². The molecule has 1 aliphatic rings. The molecule has 158 valence electrons. The first-order valence-corrected chi connectivity index (χ1v) is 11.7. The predicted octanol–water partition coefficient (Wildman–Crippen LogP) is 0.844. The Morgan fingerprint density at radius 2 is 1.96 bits per heavy atom. The Balaban J connectivity index is 1.82. The Morgan fingerprint density at radius 3 is 2.61 bits per heavy atom. The summed E-state index contributed by atoms with van der Waals surface area (Å²) in [7, 11) is -1.30. The standard InChI is InChI=1S/C19H32N4O4S/c1-4-20-19(21-8-13-27-14-15-28(3,24)25)23-11-9-22(10-12-23)17-6-5-7-18(16-17)26-2/h5-7,16H,4,8-15H2,1-3H3,(H,20,21). The van der Waals surface area contributed by atoms with Crippen molar-refractivity contribution in [1.82, 2.24) is 10.2 Å². The number of hydrogen-bond acceptors (Lipinski definition) is 6. The van der Waals surface area contributed by atoms with Gasteiger partial charge in [0.1, 0.15) is 15.6 Å². The number of anilines is 1. The van der Waals surface area contributed by atoms with Gasteiger partial charge in [0.05, 0.1) is 32.6 Å². The summed E-state index contributed by atoms with van der Waals surface area (Å²) in [6, 6.07) is 8.12. The second-order valence-electron chi connectivity index (χ2n) is 6.65. The second kappa shape index (κ2) is 11.1. The molecule has 0 aromatic heterocycles. The molecule has 0 aliphatic carbocycles. The Bertz CT molecular complexity index is 731. The lowest BCUT2D eigenvalue weighted by Crippen LogP contribution is -2.52.